The highest BCUT2D eigenvalue weighted by atomic mass is 16.5. The van der Waals surface area contributed by atoms with Crippen molar-refractivity contribution in [3.63, 3.8) is 0 Å². The second-order valence-corrected chi connectivity index (χ2v) is 7.05. The van der Waals surface area contributed by atoms with E-state index in [2.05, 4.69) is 77.7 Å². The van der Waals surface area contributed by atoms with Gasteiger partial charge in [0.2, 0.25) is 0 Å². The number of hydrogen-bond acceptors (Lipinski definition) is 3. The number of fused-ring (bicyclic) bond motifs is 1. The number of ether oxygens (including phenoxy) is 2. The molecule has 1 aliphatic rings. The first kappa shape index (κ1) is 17.6. The van der Waals surface area contributed by atoms with Crippen LogP contribution in [0.3, 0.4) is 0 Å². The molecule has 27 heavy (non-hydrogen) atoms. The molecule has 1 atom stereocenters. The van der Waals surface area contributed by atoms with Gasteiger partial charge in [-0.05, 0) is 46.5 Å². The van der Waals surface area contributed by atoms with Gasteiger partial charge in [-0.1, -0.05) is 48.5 Å². The summed E-state index contributed by atoms with van der Waals surface area (Å²) in [6, 6.07) is 25.6. The van der Waals surface area contributed by atoms with Crippen LogP contribution in [0.5, 0.6) is 11.5 Å². The van der Waals surface area contributed by atoms with Gasteiger partial charge in [0.25, 0.3) is 0 Å². The standard InChI is InChI=1S/C24H25NO2/c1-26-21-10-8-19(9-11-21)24-17-25(15-18-6-4-3-5-7-18)16-20-14-22(27-2)12-13-23(20)24/h3-14,24H,15-17H2,1-2H3. The number of rotatable bonds is 5. The molecule has 1 heterocycles. The molecule has 0 spiro atoms. The normalized spacial score (nSPS) is 16.6. The highest BCUT2D eigenvalue weighted by molar-refractivity contribution is 5.45. The summed E-state index contributed by atoms with van der Waals surface area (Å²) in [4.78, 5) is 2.52. The number of hydrogen-bond donors (Lipinski definition) is 0. The molecule has 1 aliphatic heterocycles. The second kappa shape index (κ2) is 7.85. The Morgan fingerprint density at radius 2 is 1.56 bits per heavy atom. The Morgan fingerprint density at radius 1 is 0.852 bits per heavy atom. The zero-order chi connectivity index (χ0) is 18.6. The summed E-state index contributed by atoms with van der Waals surface area (Å²) < 4.78 is 10.8. The Kier molecular flexibility index (Phi) is 5.12. The minimum absolute atomic E-state index is 0.342. The van der Waals surface area contributed by atoms with E-state index in [0.29, 0.717) is 5.92 Å². The second-order valence-electron chi connectivity index (χ2n) is 7.05. The molecule has 0 amide bonds. The fraction of sp³-hybridized carbons (Fsp3) is 0.250. The predicted molar refractivity (Wildman–Crippen MR) is 108 cm³/mol. The van der Waals surface area contributed by atoms with Crippen molar-refractivity contribution >= 4 is 0 Å². The molecule has 0 saturated heterocycles. The molecule has 0 N–H and O–H groups in total. The summed E-state index contributed by atoms with van der Waals surface area (Å²) in [5.41, 5.74) is 5.40. The summed E-state index contributed by atoms with van der Waals surface area (Å²) in [6.07, 6.45) is 0. The maximum atomic E-state index is 5.47. The number of nitrogens with zero attached hydrogens (tertiary/aromatic N) is 1. The van der Waals surface area contributed by atoms with Crippen LogP contribution in [-0.2, 0) is 13.1 Å². The topological polar surface area (TPSA) is 21.7 Å². The average Bonchev–Trinajstić information content (AvgIpc) is 2.73. The molecule has 1 unspecified atom stereocenters. The van der Waals surface area contributed by atoms with Crippen LogP contribution in [0.2, 0.25) is 0 Å². The van der Waals surface area contributed by atoms with Crippen molar-refractivity contribution in [2.75, 3.05) is 20.8 Å². The van der Waals surface area contributed by atoms with Crippen molar-refractivity contribution in [2.45, 2.75) is 19.0 Å². The Bertz CT molecular complexity index is 890. The summed E-state index contributed by atoms with van der Waals surface area (Å²) in [7, 11) is 3.44. The monoisotopic (exact) mass is 359 g/mol. The third kappa shape index (κ3) is 3.83. The number of methoxy groups -OCH3 is 2. The Balaban J connectivity index is 1.68. The van der Waals surface area contributed by atoms with Crippen LogP contribution in [0.25, 0.3) is 0 Å². The molecule has 0 saturated carbocycles. The molecule has 138 valence electrons. The largest absolute Gasteiger partial charge is 0.497 e. The van der Waals surface area contributed by atoms with Crippen LogP contribution in [0.4, 0.5) is 0 Å². The Hall–Kier alpha value is -2.78. The molecule has 0 aliphatic carbocycles. The summed E-state index contributed by atoms with van der Waals surface area (Å²) >= 11 is 0. The Labute approximate surface area is 161 Å². The van der Waals surface area contributed by atoms with Crippen molar-refractivity contribution in [3.8, 4) is 11.5 Å². The predicted octanol–water partition coefficient (Wildman–Crippen LogP) is 4.85. The summed E-state index contributed by atoms with van der Waals surface area (Å²) in [6.45, 7) is 2.89. The van der Waals surface area contributed by atoms with Gasteiger partial charge in [-0.3, -0.25) is 4.90 Å². The zero-order valence-corrected chi connectivity index (χ0v) is 15.9. The van der Waals surface area contributed by atoms with Crippen LogP contribution < -0.4 is 9.47 Å². The molecule has 4 rings (SSSR count). The molecule has 3 aromatic carbocycles. The van der Waals surface area contributed by atoms with Gasteiger partial charge in [0.1, 0.15) is 11.5 Å². The van der Waals surface area contributed by atoms with Crippen molar-refractivity contribution in [2.24, 2.45) is 0 Å². The van der Waals surface area contributed by atoms with E-state index in [-0.39, 0.29) is 0 Å². The van der Waals surface area contributed by atoms with E-state index in [4.69, 9.17) is 9.47 Å². The fourth-order valence-electron chi connectivity index (χ4n) is 3.93. The van der Waals surface area contributed by atoms with Gasteiger partial charge in [0, 0.05) is 25.6 Å². The smallest absolute Gasteiger partial charge is 0.119 e. The van der Waals surface area contributed by atoms with Crippen molar-refractivity contribution in [1.82, 2.24) is 4.90 Å². The third-order valence-corrected chi connectivity index (χ3v) is 5.33. The van der Waals surface area contributed by atoms with E-state index in [1.54, 1.807) is 14.2 Å². The molecule has 0 bridgehead atoms. The van der Waals surface area contributed by atoms with Gasteiger partial charge in [-0.25, -0.2) is 0 Å². The van der Waals surface area contributed by atoms with Gasteiger partial charge in [-0.2, -0.15) is 0 Å². The van der Waals surface area contributed by atoms with E-state index in [0.717, 1.165) is 31.1 Å². The molecule has 0 radical (unpaired) electrons. The lowest BCUT2D eigenvalue weighted by molar-refractivity contribution is 0.231. The van der Waals surface area contributed by atoms with Crippen molar-refractivity contribution in [3.05, 3.63) is 95.1 Å². The molecular formula is C24H25NO2. The lowest BCUT2D eigenvalue weighted by atomic mass is 9.84. The molecule has 0 aromatic heterocycles. The first-order valence-electron chi connectivity index (χ1n) is 9.34. The van der Waals surface area contributed by atoms with Crippen LogP contribution in [0.1, 0.15) is 28.2 Å². The minimum Gasteiger partial charge on any atom is -0.497 e. The maximum absolute atomic E-state index is 5.47. The van der Waals surface area contributed by atoms with Crippen LogP contribution >= 0.6 is 0 Å². The fourth-order valence-corrected chi connectivity index (χ4v) is 3.93. The Morgan fingerprint density at radius 3 is 2.26 bits per heavy atom. The van der Waals surface area contributed by atoms with Gasteiger partial charge in [0.15, 0.2) is 0 Å². The average molecular weight is 359 g/mol. The van der Waals surface area contributed by atoms with Gasteiger partial charge < -0.3 is 9.47 Å². The lowest BCUT2D eigenvalue weighted by Gasteiger charge is -2.35. The van der Waals surface area contributed by atoms with E-state index in [1.165, 1.54) is 22.3 Å². The molecule has 3 nitrogen and oxygen atoms in total. The maximum Gasteiger partial charge on any atom is 0.119 e. The van der Waals surface area contributed by atoms with E-state index in [1.807, 2.05) is 0 Å². The van der Waals surface area contributed by atoms with Gasteiger partial charge in [-0.15, -0.1) is 0 Å². The minimum atomic E-state index is 0.342. The molecule has 3 heteroatoms. The molecule has 3 aromatic rings. The SMILES string of the molecule is COc1ccc(C2CN(Cc3ccccc3)Cc3cc(OC)ccc32)cc1. The first-order chi connectivity index (χ1) is 13.3. The quantitative estimate of drug-likeness (QED) is 0.650. The zero-order valence-electron chi connectivity index (χ0n) is 15.9. The first-order valence-corrected chi connectivity index (χ1v) is 9.34. The van der Waals surface area contributed by atoms with E-state index >= 15 is 0 Å². The van der Waals surface area contributed by atoms with Crippen molar-refractivity contribution < 1.29 is 9.47 Å². The van der Waals surface area contributed by atoms with Crippen molar-refractivity contribution in [1.29, 1.82) is 0 Å². The summed E-state index contributed by atoms with van der Waals surface area (Å²) in [5.74, 6) is 2.16. The third-order valence-electron chi connectivity index (χ3n) is 5.33. The highest BCUT2D eigenvalue weighted by Gasteiger charge is 2.27. The molecular weight excluding hydrogens is 334 g/mol. The van der Waals surface area contributed by atoms with Gasteiger partial charge in [0.05, 0.1) is 14.2 Å². The number of benzene rings is 3. The van der Waals surface area contributed by atoms with Crippen LogP contribution in [-0.4, -0.2) is 25.7 Å². The molecule has 0 fully saturated rings. The van der Waals surface area contributed by atoms with Gasteiger partial charge >= 0.3 is 0 Å². The lowest BCUT2D eigenvalue weighted by Crippen LogP contribution is -2.33. The van der Waals surface area contributed by atoms with E-state index < -0.39 is 0 Å². The summed E-state index contributed by atoms with van der Waals surface area (Å²) in [5, 5.41) is 0. The van der Waals surface area contributed by atoms with Crippen LogP contribution in [0.15, 0.2) is 72.8 Å². The van der Waals surface area contributed by atoms with E-state index in [9.17, 15) is 0 Å². The van der Waals surface area contributed by atoms with Crippen LogP contribution in [0, 0.1) is 0 Å². The highest BCUT2D eigenvalue weighted by Crippen LogP contribution is 2.36.